The van der Waals surface area contributed by atoms with Crippen LogP contribution in [0.15, 0.2) is 4.99 Å². The quantitative estimate of drug-likeness (QED) is 0.773. The van der Waals surface area contributed by atoms with Gasteiger partial charge in [-0.25, -0.2) is 4.79 Å². The van der Waals surface area contributed by atoms with Crippen LogP contribution in [0, 0.1) is 0 Å². The predicted molar refractivity (Wildman–Crippen MR) is 89.9 cm³/mol. The molecule has 1 N–H and O–H groups in total. The van der Waals surface area contributed by atoms with Gasteiger partial charge in [0.1, 0.15) is 6.61 Å². The van der Waals surface area contributed by atoms with Gasteiger partial charge in [-0.05, 0) is 14.0 Å². The lowest BCUT2D eigenvalue weighted by atomic mass is 10.3. The first-order valence-corrected chi connectivity index (χ1v) is 7.57. The van der Waals surface area contributed by atoms with Crippen molar-refractivity contribution in [1.82, 2.24) is 15.1 Å². The third-order valence-electron chi connectivity index (χ3n) is 3.31. The minimum Gasteiger partial charge on any atom is -0.447 e. The number of piperazine rings is 1. The minimum absolute atomic E-state index is 0. The summed E-state index contributed by atoms with van der Waals surface area (Å²) in [6.07, 6.45) is 0.949. The number of morpholine rings is 1. The second kappa shape index (κ2) is 13.6. The van der Waals surface area contributed by atoms with E-state index in [0.717, 1.165) is 59.0 Å². The Bertz CT molecular complexity index is 290. The zero-order valence-corrected chi connectivity index (χ0v) is 13.2. The highest BCUT2D eigenvalue weighted by molar-refractivity contribution is 5.78. The van der Waals surface area contributed by atoms with E-state index in [1.807, 2.05) is 0 Å². The van der Waals surface area contributed by atoms with Crippen LogP contribution in [0.2, 0.25) is 0 Å². The Morgan fingerprint density at radius 1 is 1.27 bits per heavy atom. The second-order valence-electron chi connectivity index (χ2n) is 5.01. The molecule has 0 aromatic rings. The van der Waals surface area contributed by atoms with E-state index >= 15 is 0 Å². The fourth-order valence-corrected chi connectivity index (χ4v) is 1.99. The summed E-state index contributed by atoms with van der Waals surface area (Å²) in [7, 11) is 2.12. The highest BCUT2D eigenvalue weighted by atomic mass is 16.5. The molecule has 0 aromatic heterocycles. The molecule has 2 saturated heterocycles. The number of amides is 1. The molecule has 0 bridgehead atoms. The normalized spacial score (nSPS) is 19.9. The van der Waals surface area contributed by atoms with Gasteiger partial charge in [0.05, 0.1) is 13.2 Å². The molecule has 130 valence electrons. The Balaban J connectivity index is 0.000000529. The van der Waals surface area contributed by atoms with Crippen LogP contribution < -0.4 is 5.32 Å². The molecule has 0 unspecified atom stereocenters. The summed E-state index contributed by atoms with van der Waals surface area (Å²) in [5.41, 5.74) is 0. The van der Waals surface area contributed by atoms with Gasteiger partial charge >= 0.3 is 6.09 Å². The number of nitrogens with zero attached hydrogens (tertiary/aromatic N) is 3. The number of hydrogen-bond acceptors (Lipinski definition) is 6. The average molecular weight is 316 g/mol. The minimum atomic E-state index is -0.494. The summed E-state index contributed by atoms with van der Waals surface area (Å²) in [4.78, 5) is 19.0. The summed E-state index contributed by atoms with van der Waals surface area (Å²) < 4.78 is 9.93. The van der Waals surface area contributed by atoms with Crippen LogP contribution >= 0.6 is 0 Å². The lowest BCUT2D eigenvalue weighted by Crippen LogP contribution is -2.45. The first-order chi connectivity index (χ1) is 10.2. The van der Waals surface area contributed by atoms with Crippen molar-refractivity contribution in [2.45, 2.75) is 14.4 Å². The van der Waals surface area contributed by atoms with E-state index in [4.69, 9.17) is 9.47 Å². The zero-order valence-electron chi connectivity index (χ0n) is 13.2. The predicted octanol–water partition coefficient (Wildman–Crippen LogP) is 0.703. The van der Waals surface area contributed by atoms with Crippen molar-refractivity contribution in [3.63, 3.8) is 0 Å². The van der Waals surface area contributed by atoms with E-state index in [-0.39, 0.29) is 7.43 Å². The second-order valence-corrected chi connectivity index (χ2v) is 5.01. The van der Waals surface area contributed by atoms with Crippen molar-refractivity contribution in [3.8, 4) is 0 Å². The molecule has 2 heterocycles. The average Bonchev–Trinajstić information content (AvgIpc) is 2.52. The number of carbonyl (C=O) groups is 1. The maximum Gasteiger partial charge on any atom is 0.433 e. The molecule has 2 fully saturated rings. The smallest absolute Gasteiger partial charge is 0.433 e. The summed E-state index contributed by atoms with van der Waals surface area (Å²) in [6, 6.07) is 0. The van der Waals surface area contributed by atoms with E-state index in [1.165, 1.54) is 6.21 Å². The first kappa shape index (κ1) is 21.0. The molecule has 0 aliphatic carbocycles. The van der Waals surface area contributed by atoms with Crippen molar-refractivity contribution in [2.75, 3.05) is 72.7 Å². The highest BCUT2D eigenvalue weighted by Gasteiger charge is 2.13. The molecule has 2 aliphatic heterocycles. The molecular weight excluding hydrogens is 284 g/mol. The van der Waals surface area contributed by atoms with Crippen LogP contribution in [0.25, 0.3) is 0 Å². The number of nitrogens with one attached hydrogen (secondary N) is 1. The SMILES string of the molecule is C.C1COCCN1.CC=NC(=O)OCCN1CCN(C)CC1. The van der Waals surface area contributed by atoms with Gasteiger partial charge in [0, 0.05) is 52.0 Å². The van der Waals surface area contributed by atoms with Gasteiger partial charge in [-0.15, -0.1) is 0 Å². The Labute approximate surface area is 134 Å². The van der Waals surface area contributed by atoms with E-state index in [1.54, 1.807) is 6.92 Å². The van der Waals surface area contributed by atoms with Gasteiger partial charge in [0.2, 0.25) is 0 Å². The third kappa shape index (κ3) is 10.7. The summed E-state index contributed by atoms with van der Waals surface area (Å²) >= 11 is 0. The van der Waals surface area contributed by atoms with Crippen molar-refractivity contribution in [2.24, 2.45) is 4.99 Å². The van der Waals surface area contributed by atoms with Gasteiger partial charge in [-0.3, -0.25) is 4.90 Å². The Morgan fingerprint density at radius 3 is 2.36 bits per heavy atom. The molecule has 22 heavy (non-hydrogen) atoms. The number of likely N-dealkylation sites (N-methyl/N-ethyl adjacent to an activating group) is 1. The monoisotopic (exact) mass is 316 g/mol. The van der Waals surface area contributed by atoms with Gasteiger partial charge in [-0.2, -0.15) is 4.99 Å². The molecule has 0 aromatic carbocycles. The van der Waals surface area contributed by atoms with Gasteiger partial charge in [0.25, 0.3) is 0 Å². The standard InChI is InChI=1S/C10H19N3O2.C4H9NO.CH4/c1-3-11-10(14)15-9-8-13-6-4-12(2)5-7-13;1-3-6-4-2-5-1;/h3H,4-9H2,1-2H3;5H,1-4H2;1H4. The van der Waals surface area contributed by atoms with Crippen LogP contribution in [0.1, 0.15) is 14.4 Å². The van der Waals surface area contributed by atoms with Crippen molar-refractivity contribution >= 4 is 12.3 Å². The molecule has 1 amide bonds. The van der Waals surface area contributed by atoms with E-state index in [0.29, 0.717) is 6.61 Å². The van der Waals surface area contributed by atoms with E-state index < -0.39 is 6.09 Å². The van der Waals surface area contributed by atoms with E-state index in [9.17, 15) is 4.79 Å². The number of carbonyl (C=O) groups excluding carboxylic acids is 1. The Morgan fingerprint density at radius 2 is 1.91 bits per heavy atom. The summed E-state index contributed by atoms with van der Waals surface area (Å²) in [5, 5.41) is 3.16. The fourth-order valence-electron chi connectivity index (χ4n) is 1.99. The third-order valence-corrected chi connectivity index (χ3v) is 3.31. The fraction of sp³-hybridized carbons (Fsp3) is 0.867. The molecular formula is C15H32N4O3. The van der Waals surface area contributed by atoms with Gasteiger partial charge in [0.15, 0.2) is 0 Å². The number of aliphatic imine (C=N–C) groups is 1. The molecule has 7 heteroatoms. The van der Waals surface area contributed by atoms with Crippen molar-refractivity contribution in [1.29, 1.82) is 0 Å². The van der Waals surface area contributed by atoms with E-state index in [2.05, 4.69) is 27.2 Å². The first-order valence-electron chi connectivity index (χ1n) is 7.57. The molecule has 0 atom stereocenters. The molecule has 2 rings (SSSR count). The van der Waals surface area contributed by atoms with Crippen LogP contribution in [0.5, 0.6) is 0 Å². The van der Waals surface area contributed by atoms with Crippen LogP contribution in [0.3, 0.4) is 0 Å². The van der Waals surface area contributed by atoms with Crippen LogP contribution in [0.4, 0.5) is 4.79 Å². The van der Waals surface area contributed by atoms with Crippen LogP contribution in [-0.4, -0.2) is 94.8 Å². The van der Waals surface area contributed by atoms with Crippen molar-refractivity contribution in [3.05, 3.63) is 0 Å². The maximum absolute atomic E-state index is 10.9. The lowest BCUT2D eigenvalue weighted by molar-refractivity contribution is 0.109. The molecule has 2 aliphatic rings. The van der Waals surface area contributed by atoms with Crippen LogP contribution in [-0.2, 0) is 9.47 Å². The lowest BCUT2D eigenvalue weighted by Gasteiger charge is -2.31. The number of rotatable bonds is 3. The maximum atomic E-state index is 10.9. The zero-order chi connectivity index (χ0) is 15.3. The Kier molecular flexibility index (Phi) is 13.0. The highest BCUT2D eigenvalue weighted by Crippen LogP contribution is 1.98. The summed E-state index contributed by atoms with van der Waals surface area (Å²) in [5.74, 6) is 0. The van der Waals surface area contributed by atoms with Gasteiger partial charge < -0.3 is 19.7 Å². The van der Waals surface area contributed by atoms with Gasteiger partial charge in [-0.1, -0.05) is 7.43 Å². The molecule has 7 nitrogen and oxygen atoms in total. The summed E-state index contributed by atoms with van der Waals surface area (Å²) in [6.45, 7) is 11.0. The molecule has 0 spiro atoms. The largest absolute Gasteiger partial charge is 0.447 e. The Hall–Kier alpha value is -1.02. The van der Waals surface area contributed by atoms with Crippen molar-refractivity contribution < 1.29 is 14.3 Å². The number of hydrogen-bond donors (Lipinski definition) is 1. The number of ether oxygens (including phenoxy) is 2. The molecule has 0 saturated carbocycles. The molecule has 0 radical (unpaired) electrons. The topological polar surface area (TPSA) is 66.4 Å².